The monoisotopic (exact) mass is 359 g/mol. The van der Waals surface area contributed by atoms with Gasteiger partial charge in [-0.15, -0.1) is 0 Å². The third-order valence-electron chi connectivity index (χ3n) is 3.89. The lowest BCUT2D eigenvalue weighted by molar-refractivity contribution is -0.385. The van der Waals surface area contributed by atoms with Gasteiger partial charge >= 0.3 is 0 Å². The van der Waals surface area contributed by atoms with E-state index in [9.17, 15) is 19.7 Å². The Hall–Kier alpha value is -3.16. The van der Waals surface area contributed by atoms with E-state index in [-0.39, 0.29) is 29.7 Å². The maximum atomic E-state index is 12.1. The zero-order valence-electron chi connectivity index (χ0n) is 14.7. The summed E-state index contributed by atoms with van der Waals surface area (Å²) in [6, 6.07) is 7.80. The first-order valence-electron chi connectivity index (χ1n) is 8.22. The van der Waals surface area contributed by atoms with E-state index in [2.05, 4.69) is 10.6 Å². The van der Waals surface area contributed by atoms with Gasteiger partial charge in [-0.3, -0.25) is 19.7 Å². The Morgan fingerprint density at radius 2 is 2.08 bits per heavy atom. The molecule has 1 aromatic carbocycles. The standard InChI is InChI=1S/C18H21N3O5/c1-12-5-7-14(10-16(12)21(24)25)18(23)19-11-17(22)20-13(2)6-8-15-4-3-9-26-15/h3-5,7,9-10,13H,6,8,11H2,1-2H3,(H,19,23)(H,20,22). The van der Waals surface area contributed by atoms with Gasteiger partial charge in [-0.1, -0.05) is 6.07 Å². The van der Waals surface area contributed by atoms with Gasteiger partial charge in [-0.05, 0) is 38.5 Å². The molecule has 0 spiro atoms. The fraction of sp³-hybridized carbons (Fsp3) is 0.333. The minimum absolute atomic E-state index is 0.0787. The van der Waals surface area contributed by atoms with Crippen LogP contribution in [0.15, 0.2) is 41.0 Å². The highest BCUT2D eigenvalue weighted by atomic mass is 16.6. The van der Waals surface area contributed by atoms with Gasteiger partial charge in [0.05, 0.1) is 17.7 Å². The summed E-state index contributed by atoms with van der Waals surface area (Å²) in [5.41, 5.74) is 0.476. The summed E-state index contributed by atoms with van der Waals surface area (Å²) in [5.74, 6) is -0.0150. The minimum atomic E-state index is -0.542. The van der Waals surface area contributed by atoms with Gasteiger partial charge in [0.1, 0.15) is 5.76 Å². The molecule has 0 aliphatic heterocycles. The Bertz CT molecular complexity index is 786. The number of nitrogens with zero attached hydrogens (tertiary/aromatic N) is 1. The summed E-state index contributed by atoms with van der Waals surface area (Å²) < 4.78 is 5.23. The van der Waals surface area contributed by atoms with E-state index in [1.54, 1.807) is 13.2 Å². The van der Waals surface area contributed by atoms with Crippen molar-refractivity contribution in [3.05, 3.63) is 63.6 Å². The molecule has 1 aromatic heterocycles. The van der Waals surface area contributed by atoms with E-state index in [4.69, 9.17) is 4.42 Å². The van der Waals surface area contributed by atoms with Crippen LogP contribution in [0.2, 0.25) is 0 Å². The first-order chi connectivity index (χ1) is 12.4. The summed E-state index contributed by atoms with van der Waals surface area (Å²) in [4.78, 5) is 34.4. The second-order valence-corrected chi connectivity index (χ2v) is 6.03. The van der Waals surface area contributed by atoms with Crippen molar-refractivity contribution in [3.8, 4) is 0 Å². The van der Waals surface area contributed by atoms with Crippen LogP contribution < -0.4 is 10.6 Å². The summed E-state index contributed by atoms with van der Waals surface area (Å²) in [7, 11) is 0. The highest BCUT2D eigenvalue weighted by Crippen LogP contribution is 2.19. The Kier molecular flexibility index (Phi) is 6.48. The van der Waals surface area contributed by atoms with Crippen LogP contribution in [0.25, 0.3) is 0 Å². The lowest BCUT2D eigenvalue weighted by Crippen LogP contribution is -2.41. The number of furan rings is 1. The van der Waals surface area contributed by atoms with Crippen LogP contribution in [0, 0.1) is 17.0 Å². The quantitative estimate of drug-likeness (QED) is 0.555. The van der Waals surface area contributed by atoms with Crippen LogP contribution >= 0.6 is 0 Å². The zero-order chi connectivity index (χ0) is 19.1. The number of carbonyl (C=O) groups excluding carboxylic acids is 2. The number of nitro groups is 1. The molecule has 0 fully saturated rings. The van der Waals surface area contributed by atoms with Gasteiger partial charge in [0.2, 0.25) is 5.91 Å². The van der Waals surface area contributed by atoms with Gasteiger partial charge in [0.15, 0.2) is 0 Å². The third kappa shape index (κ3) is 5.44. The molecule has 1 heterocycles. The van der Waals surface area contributed by atoms with E-state index in [1.807, 2.05) is 19.1 Å². The molecule has 2 amide bonds. The fourth-order valence-electron chi connectivity index (χ4n) is 2.42. The molecule has 8 heteroatoms. The number of nitrogens with one attached hydrogen (secondary N) is 2. The van der Waals surface area contributed by atoms with E-state index in [0.29, 0.717) is 18.4 Å². The summed E-state index contributed by atoms with van der Waals surface area (Å²) in [6.07, 6.45) is 3.01. The van der Waals surface area contributed by atoms with Crippen molar-refractivity contribution in [2.75, 3.05) is 6.54 Å². The average Bonchev–Trinajstić information content (AvgIpc) is 3.11. The number of hydrogen-bond acceptors (Lipinski definition) is 5. The SMILES string of the molecule is Cc1ccc(C(=O)NCC(=O)NC(C)CCc2ccco2)cc1[N+](=O)[O-]. The molecule has 0 radical (unpaired) electrons. The molecule has 1 atom stereocenters. The number of amides is 2. The van der Waals surface area contributed by atoms with Gasteiger partial charge in [0, 0.05) is 29.7 Å². The Morgan fingerprint density at radius 1 is 1.31 bits per heavy atom. The van der Waals surface area contributed by atoms with Crippen molar-refractivity contribution in [2.45, 2.75) is 32.7 Å². The fourth-order valence-corrected chi connectivity index (χ4v) is 2.42. The highest BCUT2D eigenvalue weighted by Gasteiger charge is 2.16. The number of carbonyl (C=O) groups is 2. The largest absolute Gasteiger partial charge is 0.469 e. The van der Waals surface area contributed by atoms with Crippen LogP contribution in [0.3, 0.4) is 0 Å². The second kappa shape index (κ2) is 8.80. The van der Waals surface area contributed by atoms with Gasteiger partial charge in [-0.25, -0.2) is 0 Å². The maximum Gasteiger partial charge on any atom is 0.273 e. The van der Waals surface area contributed by atoms with Gasteiger partial charge < -0.3 is 15.1 Å². The van der Waals surface area contributed by atoms with Crippen LogP contribution in [0.4, 0.5) is 5.69 Å². The van der Waals surface area contributed by atoms with E-state index >= 15 is 0 Å². The van der Waals surface area contributed by atoms with E-state index in [1.165, 1.54) is 18.2 Å². The van der Waals surface area contributed by atoms with Crippen molar-refractivity contribution in [3.63, 3.8) is 0 Å². The smallest absolute Gasteiger partial charge is 0.273 e. The molecular weight excluding hydrogens is 338 g/mol. The lowest BCUT2D eigenvalue weighted by Gasteiger charge is -2.13. The maximum absolute atomic E-state index is 12.1. The molecule has 0 aliphatic rings. The highest BCUT2D eigenvalue weighted by molar-refractivity contribution is 5.97. The van der Waals surface area contributed by atoms with Crippen LogP contribution in [0.5, 0.6) is 0 Å². The van der Waals surface area contributed by atoms with Crippen LogP contribution in [-0.4, -0.2) is 29.3 Å². The molecule has 2 N–H and O–H groups in total. The topological polar surface area (TPSA) is 114 Å². The summed E-state index contributed by atoms with van der Waals surface area (Å²) in [5, 5.41) is 16.2. The van der Waals surface area contributed by atoms with Crippen molar-refractivity contribution in [2.24, 2.45) is 0 Å². The number of nitro benzene ring substituents is 1. The predicted octanol–water partition coefficient (Wildman–Crippen LogP) is 2.36. The Balaban J connectivity index is 1.80. The predicted molar refractivity (Wildman–Crippen MR) is 94.8 cm³/mol. The molecule has 2 rings (SSSR count). The molecule has 138 valence electrons. The van der Waals surface area contributed by atoms with E-state index < -0.39 is 10.8 Å². The van der Waals surface area contributed by atoms with E-state index in [0.717, 1.165) is 5.76 Å². The van der Waals surface area contributed by atoms with Crippen molar-refractivity contribution in [1.29, 1.82) is 0 Å². The molecule has 1 unspecified atom stereocenters. The van der Waals surface area contributed by atoms with Crippen LogP contribution in [-0.2, 0) is 11.2 Å². The number of hydrogen-bond donors (Lipinski definition) is 2. The summed E-state index contributed by atoms with van der Waals surface area (Å²) in [6.45, 7) is 3.26. The second-order valence-electron chi connectivity index (χ2n) is 6.03. The molecule has 2 aromatic rings. The number of aryl methyl sites for hydroxylation is 2. The average molecular weight is 359 g/mol. The lowest BCUT2D eigenvalue weighted by atomic mass is 10.1. The first kappa shape index (κ1) is 19.2. The minimum Gasteiger partial charge on any atom is -0.469 e. The van der Waals surface area contributed by atoms with Gasteiger partial charge in [-0.2, -0.15) is 0 Å². The normalized spacial score (nSPS) is 11.6. The van der Waals surface area contributed by atoms with Crippen LogP contribution in [0.1, 0.15) is 35.0 Å². The first-order valence-corrected chi connectivity index (χ1v) is 8.22. The molecule has 8 nitrogen and oxygen atoms in total. The zero-order valence-corrected chi connectivity index (χ0v) is 14.7. The Morgan fingerprint density at radius 3 is 2.73 bits per heavy atom. The Labute approximate surface area is 150 Å². The number of benzene rings is 1. The summed E-state index contributed by atoms with van der Waals surface area (Å²) >= 11 is 0. The van der Waals surface area contributed by atoms with Gasteiger partial charge in [0.25, 0.3) is 11.6 Å². The molecule has 0 saturated heterocycles. The van der Waals surface area contributed by atoms with Crippen molar-refractivity contribution >= 4 is 17.5 Å². The molecule has 26 heavy (non-hydrogen) atoms. The molecule has 0 aliphatic carbocycles. The molecular formula is C18H21N3O5. The van der Waals surface area contributed by atoms with Crippen molar-refractivity contribution in [1.82, 2.24) is 10.6 Å². The number of rotatable bonds is 8. The van der Waals surface area contributed by atoms with Crippen molar-refractivity contribution < 1.29 is 18.9 Å². The molecule has 0 bridgehead atoms. The third-order valence-corrected chi connectivity index (χ3v) is 3.89. The molecule has 0 saturated carbocycles.